The number of carbonyl (C=O) groups is 1. The van der Waals surface area contributed by atoms with E-state index in [0.29, 0.717) is 23.7 Å². The van der Waals surface area contributed by atoms with Crippen molar-refractivity contribution in [2.45, 2.75) is 239 Å². The van der Waals surface area contributed by atoms with Crippen molar-refractivity contribution in [1.29, 1.82) is 0 Å². The number of aliphatic hydroxyl groups is 3. The van der Waals surface area contributed by atoms with Crippen molar-refractivity contribution in [3.05, 3.63) is 22.3 Å². The zero-order chi connectivity index (χ0) is 54.6. The van der Waals surface area contributed by atoms with Crippen molar-refractivity contribution in [1.82, 2.24) is 0 Å². The molecular weight excluding hydrogens is 1050 g/mol. The molecule has 3 N–H and O–H groups in total. The molecule has 12 rings (SSSR count). The standard InChI is InChI=1S/C58H90O15S2.2Na/c1-30(35-14-16-37-33-24-43(71-74(63,64)65)47-50(3,4)49(61)41(59)27-55(47,11)39(33)19-21-53(35,37)9)13-18-46-56(12)26-32(52(7,8)73-56)23-42(70-46)31(2)36-15-17-38-34-25-44(72-75(66,67)68)48-51(5,6)58(62)45(60)28-57(48,29-69-58)40(34)20-22-54(36,38)10;;/h30-32,35-38,41-48,59-60,62H,13-29H2,1-12H3,(H,63,64,65)(H,66,67,68);;/q;2*+1/p-2/t30-,31?,32-,35-,36-,37?,38?,41+,42-,43+,44+,45+,46+,47?,48?,53-,54-,55-,56-,57+,58-;;/m1../s1. The van der Waals surface area contributed by atoms with Crippen LogP contribution in [0.1, 0.15) is 186 Å². The maximum absolute atomic E-state index is 13.5. The third-order valence-electron chi connectivity index (χ3n) is 25.0. The molecule has 5 unspecified atom stereocenters. The normalized spacial score (nSPS) is 48.9. The predicted octanol–water partition coefficient (Wildman–Crippen LogP) is 2.62. The Morgan fingerprint density at radius 1 is 0.740 bits per heavy atom. The monoisotopic (exact) mass is 1130 g/mol. The quantitative estimate of drug-likeness (QED) is 0.123. The summed E-state index contributed by atoms with van der Waals surface area (Å²) in [7, 11) is -10.2. The first-order chi connectivity index (χ1) is 34.5. The number of ketones is 1. The van der Waals surface area contributed by atoms with Gasteiger partial charge in [0.15, 0.2) is 11.6 Å². The van der Waals surface area contributed by atoms with Gasteiger partial charge in [0.05, 0.1) is 42.2 Å². The van der Waals surface area contributed by atoms with E-state index in [2.05, 4.69) is 55.4 Å². The maximum atomic E-state index is 13.5. The van der Waals surface area contributed by atoms with Gasteiger partial charge in [0.2, 0.25) is 20.8 Å². The Hall–Kier alpha value is 0.650. The second-order valence-corrected chi connectivity index (χ2v) is 31.5. The Balaban J connectivity index is 0.00000361. The van der Waals surface area contributed by atoms with E-state index in [1.165, 1.54) is 16.7 Å². The van der Waals surface area contributed by atoms with Crippen LogP contribution in [0.25, 0.3) is 0 Å². The number of ether oxygens (including phenoxy) is 3. The molecule has 12 aliphatic rings. The average molecular weight is 1140 g/mol. The molecule has 4 heterocycles. The maximum Gasteiger partial charge on any atom is 1.00 e. The van der Waals surface area contributed by atoms with E-state index in [4.69, 9.17) is 22.6 Å². The summed E-state index contributed by atoms with van der Waals surface area (Å²) in [4.78, 5) is 13.5. The van der Waals surface area contributed by atoms with Gasteiger partial charge in [-0.25, -0.2) is 16.8 Å². The van der Waals surface area contributed by atoms with Gasteiger partial charge in [-0.15, -0.1) is 0 Å². The van der Waals surface area contributed by atoms with Crippen LogP contribution in [-0.4, -0.2) is 107 Å². The van der Waals surface area contributed by atoms with Gasteiger partial charge in [-0.1, -0.05) is 84.6 Å². The summed E-state index contributed by atoms with van der Waals surface area (Å²) < 4.78 is 106. The summed E-state index contributed by atoms with van der Waals surface area (Å²) in [6.07, 6.45) is 7.28. The van der Waals surface area contributed by atoms with E-state index in [0.717, 1.165) is 82.6 Å². The molecule has 21 atom stereocenters. The van der Waals surface area contributed by atoms with Crippen LogP contribution in [0.15, 0.2) is 22.3 Å². The Labute approximate surface area is 504 Å². The molecule has 15 nitrogen and oxygen atoms in total. The summed E-state index contributed by atoms with van der Waals surface area (Å²) in [6, 6.07) is 0. The van der Waals surface area contributed by atoms with Crippen LogP contribution in [0.3, 0.4) is 0 Å². The number of aliphatic hydroxyl groups excluding tert-OH is 2. The predicted molar refractivity (Wildman–Crippen MR) is 274 cm³/mol. The van der Waals surface area contributed by atoms with Crippen LogP contribution in [-0.2, 0) is 48.2 Å². The van der Waals surface area contributed by atoms with Gasteiger partial charge in [0, 0.05) is 28.1 Å². The van der Waals surface area contributed by atoms with E-state index in [1.807, 2.05) is 0 Å². The summed E-state index contributed by atoms with van der Waals surface area (Å²) in [5, 5.41) is 34.5. The Morgan fingerprint density at radius 2 is 1.29 bits per heavy atom. The summed E-state index contributed by atoms with van der Waals surface area (Å²) in [5.74, 6) is -1.57. The van der Waals surface area contributed by atoms with Crippen LogP contribution in [0.5, 0.6) is 0 Å². The second kappa shape index (κ2) is 19.9. The fourth-order valence-corrected chi connectivity index (χ4v) is 22.9. The molecule has 77 heavy (non-hydrogen) atoms. The second-order valence-electron chi connectivity index (χ2n) is 29.5. The Kier molecular flexibility index (Phi) is 16.0. The molecule has 0 aromatic carbocycles. The number of hydrogen-bond acceptors (Lipinski definition) is 15. The van der Waals surface area contributed by atoms with Gasteiger partial charge in [-0.3, -0.25) is 13.2 Å². The summed E-state index contributed by atoms with van der Waals surface area (Å²) >= 11 is 0. The van der Waals surface area contributed by atoms with Crippen molar-refractivity contribution in [3.63, 3.8) is 0 Å². The number of hydrogen-bond donors (Lipinski definition) is 3. The number of carbonyl (C=O) groups excluding carboxylic acids is 1. The first-order valence-corrected chi connectivity index (χ1v) is 31.5. The first kappa shape index (κ1) is 62.2. The molecule has 4 bridgehead atoms. The number of allylic oxidation sites excluding steroid dienone is 1. The molecule has 4 aliphatic heterocycles. The van der Waals surface area contributed by atoms with Gasteiger partial charge < -0.3 is 38.6 Å². The number of rotatable bonds is 10. The molecule has 0 aromatic heterocycles. The van der Waals surface area contributed by atoms with Gasteiger partial charge in [-0.05, 0) is 181 Å². The van der Waals surface area contributed by atoms with Gasteiger partial charge in [0.1, 0.15) is 12.2 Å². The van der Waals surface area contributed by atoms with Crippen LogP contribution in [0, 0.1) is 85.8 Å². The van der Waals surface area contributed by atoms with Crippen molar-refractivity contribution >= 4 is 26.6 Å². The third kappa shape index (κ3) is 9.27. The molecule has 0 radical (unpaired) electrons. The molecule has 0 aromatic rings. The van der Waals surface area contributed by atoms with Crippen molar-refractivity contribution in [3.8, 4) is 0 Å². The summed E-state index contributed by atoms with van der Waals surface area (Å²) in [6.45, 7) is 25.6. The molecule has 8 aliphatic carbocycles. The third-order valence-corrected chi connectivity index (χ3v) is 25.9. The minimum absolute atomic E-state index is 0. The first-order valence-electron chi connectivity index (χ1n) is 28.8. The van der Waals surface area contributed by atoms with E-state index in [9.17, 15) is 46.1 Å². The van der Waals surface area contributed by atoms with Gasteiger partial charge in [0.25, 0.3) is 0 Å². The molecule has 0 amide bonds. The van der Waals surface area contributed by atoms with Gasteiger partial charge in [-0.2, -0.15) is 0 Å². The zero-order valence-electron chi connectivity index (χ0n) is 48.7. The van der Waals surface area contributed by atoms with Gasteiger partial charge >= 0.3 is 59.1 Å². The fourth-order valence-electron chi connectivity index (χ4n) is 22.0. The van der Waals surface area contributed by atoms with Crippen LogP contribution < -0.4 is 59.1 Å². The van der Waals surface area contributed by atoms with E-state index in [1.54, 1.807) is 27.7 Å². The molecule has 4 saturated carbocycles. The molecule has 19 heteroatoms. The topological polar surface area (TPSA) is 238 Å². The molecular formula is C58H88Na2O15S2. The van der Waals surface area contributed by atoms with Crippen molar-refractivity contribution in [2.75, 3.05) is 6.61 Å². The molecule has 4 saturated heterocycles. The largest absolute Gasteiger partial charge is 1.00 e. The van der Waals surface area contributed by atoms with E-state index < -0.39 is 90.1 Å². The van der Waals surface area contributed by atoms with Crippen molar-refractivity contribution in [2.24, 2.45) is 85.8 Å². The Morgan fingerprint density at radius 3 is 1.87 bits per heavy atom. The van der Waals surface area contributed by atoms with Crippen LogP contribution in [0.4, 0.5) is 0 Å². The minimum Gasteiger partial charge on any atom is -0.726 e. The molecule has 1 spiro atoms. The van der Waals surface area contributed by atoms with E-state index in [-0.39, 0.29) is 144 Å². The number of fused-ring (bicyclic) bond motifs is 10. The fraction of sp³-hybridized carbons (Fsp3) is 0.914. The number of Topliss-reactive ketones (excluding diaryl/α,β-unsaturated/α-hetero) is 1. The zero-order valence-corrected chi connectivity index (χ0v) is 54.4. The van der Waals surface area contributed by atoms with Crippen LogP contribution >= 0.6 is 0 Å². The SMILES string of the molecule is CC([C@H]1CCC2C3=C(CC[C@@]21C)[C@@]12CO[C@](O)([C@@H](O)C1)C(C)(C)C2[C@@H](OS(=O)(=O)[O-])C3)[C@H]1C[C@@H]2C[C@@](C)(OC2(C)C)[C@H](CC[C@@H](C)[C@H]2CCC3C4=C(CC[C@@]32C)[C@@]2(C)C[C@H](O)C(=O)C(C)(C)C2[C@@H](OS(=O)(=O)[O-])C4)O1.[Na+].[Na+]. The average Bonchev–Trinajstić information content (AvgIpc) is 3.89. The Bertz CT molecular complexity index is 2680. The molecule has 424 valence electrons. The minimum atomic E-state index is -5.10. The smallest absolute Gasteiger partial charge is 0.726 e. The van der Waals surface area contributed by atoms with Crippen molar-refractivity contribution < 1.29 is 128 Å². The van der Waals surface area contributed by atoms with Crippen LogP contribution in [0.2, 0.25) is 0 Å². The molecule has 8 fully saturated rings. The van der Waals surface area contributed by atoms with E-state index >= 15 is 0 Å². The summed E-state index contributed by atoms with van der Waals surface area (Å²) in [5.41, 5.74) is 0.0442.